The van der Waals surface area contributed by atoms with Crippen LogP contribution in [0.2, 0.25) is 0 Å². The fraction of sp³-hybridized carbons (Fsp3) is 0.269. The lowest BCUT2D eigenvalue weighted by Gasteiger charge is -2.17. The van der Waals surface area contributed by atoms with Gasteiger partial charge < -0.3 is 23.7 Å². The predicted octanol–water partition coefficient (Wildman–Crippen LogP) is 5.99. The number of methoxy groups -OCH3 is 3. The van der Waals surface area contributed by atoms with Gasteiger partial charge in [-0.15, -0.1) is 23.5 Å². The Morgan fingerprint density at radius 1 is 0.824 bits per heavy atom. The molecule has 0 spiro atoms. The van der Waals surface area contributed by atoms with Crippen molar-refractivity contribution in [1.29, 1.82) is 0 Å². The quantitative estimate of drug-likeness (QED) is 0.263. The molecule has 0 bridgehead atoms. The molecule has 4 rings (SSSR count). The van der Waals surface area contributed by atoms with Gasteiger partial charge in [0, 0.05) is 11.5 Å². The van der Waals surface area contributed by atoms with Crippen molar-refractivity contribution in [3.63, 3.8) is 0 Å². The number of ether oxygens (including phenoxy) is 5. The van der Waals surface area contributed by atoms with Gasteiger partial charge in [0.05, 0.1) is 31.5 Å². The first-order valence-corrected chi connectivity index (χ1v) is 12.8. The molecule has 0 amide bonds. The van der Waals surface area contributed by atoms with Gasteiger partial charge in [-0.05, 0) is 35.4 Å². The molecule has 6 nitrogen and oxygen atoms in total. The topological polar surface area (TPSA) is 63.2 Å². The van der Waals surface area contributed by atoms with Gasteiger partial charge in [0.25, 0.3) is 0 Å². The van der Waals surface area contributed by atoms with E-state index in [-0.39, 0.29) is 5.56 Å². The zero-order chi connectivity index (χ0) is 23.9. The van der Waals surface area contributed by atoms with Crippen LogP contribution >= 0.6 is 23.5 Å². The molecule has 1 aliphatic heterocycles. The van der Waals surface area contributed by atoms with Crippen molar-refractivity contribution in [3.05, 3.63) is 77.4 Å². The average molecular weight is 499 g/mol. The minimum absolute atomic E-state index is 0.272. The van der Waals surface area contributed by atoms with E-state index in [0.717, 1.165) is 22.6 Å². The first kappa shape index (κ1) is 24.2. The molecule has 0 N–H and O–H groups in total. The van der Waals surface area contributed by atoms with Gasteiger partial charge in [-0.1, -0.05) is 36.4 Å². The van der Waals surface area contributed by atoms with Crippen molar-refractivity contribution < 1.29 is 28.5 Å². The number of hydrogen-bond acceptors (Lipinski definition) is 8. The Balaban J connectivity index is 1.54. The van der Waals surface area contributed by atoms with E-state index in [2.05, 4.69) is 0 Å². The van der Waals surface area contributed by atoms with Crippen molar-refractivity contribution in [2.24, 2.45) is 0 Å². The van der Waals surface area contributed by atoms with Crippen LogP contribution in [0.15, 0.2) is 60.7 Å². The molecule has 1 saturated heterocycles. The number of esters is 1. The molecule has 3 aromatic carbocycles. The number of carbonyl (C=O) groups is 1. The number of rotatable bonds is 9. The molecule has 0 unspecified atom stereocenters. The second-order valence-electron chi connectivity index (χ2n) is 7.36. The minimum Gasteiger partial charge on any atom is -0.493 e. The first-order chi connectivity index (χ1) is 16.6. The SMILES string of the molecule is COc1cc(C2SCCS2)ccc1OC(=O)c1cc(OC)c(OCc2ccccc2)c(OC)c1. The molecule has 0 radical (unpaired) electrons. The Morgan fingerprint density at radius 2 is 1.47 bits per heavy atom. The van der Waals surface area contributed by atoms with Crippen molar-refractivity contribution in [3.8, 4) is 28.7 Å². The summed E-state index contributed by atoms with van der Waals surface area (Å²) >= 11 is 3.81. The molecule has 0 atom stereocenters. The fourth-order valence-electron chi connectivity index (χ4n) is 3.49. The third kappa shape index (κ3) is 5.56. The van der Waals surface area contributed by atoms with Crippen molar-refractivity contribution >= 4 is 29.5 Å². The maximum Gasteiger partial charge on any atom is 0.343 e. The number of thioether (sulfide) groups is 2. The normalized spacial score (nSPS) is 13.4. The summed E-state index contributed by atoms with van der Waals surface area (Å²) in [5.74, 6) is 3.74. The minimum atomic E-state index is -0.554. The Morgan fingerprint density at radius 3 is 2.09 bits per heavy atom. The molecule has 8 heteroatoms. The number of benzene rings is 3. The number of carbonyl (C=O) groups excluding carboxylic acids is 1. The smallest absolute Gasteiger partial charge is 0.343 e. The summed E-state index contributed by atoms with van der Waals surface area (Å²) in [6.07, 6.45) is 0. The molecule has 0 saturated carbocycles. The van der Waals surface area contributed by atoms with Crippen LogP contribution in [0.5, 0.6) is 28.7 Å². The summed E-state index contributed by atoms with van der Waals surface area (Å²) in [4.78, 5) is 13.0. The van der Waals surface area contributed by atoms with Gasteiger partial charge in [-0.3, -0.25) is 0 Å². The maximum absolute atomic E-state index is 13.0. The van der Waals surface area contributed by atoms with Crippen LogP contribution in [-0.2, 0) is 6.61 Å². The lowest BCUT2D eigenvalue weighted by atomic mass is 10.1. The molecule has 1 fully saturated rings. The molecule has 1 aliphatic rings. The highest BCUT2D eigenvalue weighted by atomic mass is 32.2. The van der Waals surface area contributed by atoms with Crippen LogP contribution in [0.4, 0.5) is 0 Å². The van der Waals surface area contributed by atoms with Gasteiger partial charge in [0.1, 0.15) is 6.61 Å². The van der Waals surface area contributed by atoms with E-state index < -0.39 is 5.97 Å². The molecular formula is C26H26O6S2. The summed E-state index contributed by atoms with van der Waals surface area (Å²) in [5.41, 5.74) is 2.42. The van der Waals surface area contributed by atoms with E-state index in [9.17, 15) is 4.79 Å². The summed E-state index contributed by atoms with van der Waals surface area (Å²) < 4.78 is 28.5. The van der Waals surface area contributed by atoms with Crippen LogP contribution in [0, 0.1) is 0 Å². The van der Waals surface area contributed by atoms with Crippen molar-refractivity contribution in [2.75, 3.05) is 32.8 Å². The van der Waals surface area contributed by atoms with Crippen molar-refractivity contribution in [1.82, 2.24) is 0 Å². The van der Waals surface area contributed by atoms with E-state index in [1.807, 2.05) is 66.0 Å². The lowest BCUT2D eigenvalue weighted by Crippen LogP contribution is -2.11. The monoisotopic (exact) mass is 498 g/mol. The predicted molar refractivity (Wildman–Crippen MR) is 136 cm³/mol. The molecule has 34 heavy (non-hydrogen) atoms. The van der Waals surface area contributed by atoms with Crippen LogP contribution < -0.4 is 23.7 Å². The van der Waals surface area contributed by atoms with Crippen LogP contribution in [0.1, 0.15) is 26.1 Å². The lowest BCUT2D eigenvalue weighted by molar-refractivity contribution is 0.0728. The highest BCUT2D eigenvalue weighted by Gasteiger charge is 2.23. The molecule has 3 aromatic rings. The zero-order valence-corrected chi connectivity index (χ0v) is 20.9. The maximum atomic E-state index is 13.0. The van der Waals surface area contributed by atoms with E-state index >= 15 is 0 Å². The van der Waals surface area contributed by atoms with E-state index in [0.29, 0.717) is 39.9 Å². The zero-order valence-electron chi connectivity index (χ0n) is 19.2. The number of hydrogen-bond donors (Lipinski definition) is 0. The van der Waals surface area contributed by atoms with Crippen LogP contribution in [0.3, 0.4) is 0 Å². The Labute approximate surface area is 207 Å². The summed E-state index contributed by atoms with van der Waals surface area (Å²) in [6, 6.07) is 18.6. The highest BCUT2D eigenvalue weighted by molar-refractivity contribution is 8.19. The summed E-state index contributed by atoms with van der Waals surface area (Å²) in [6.45, 7) is 0.332. The standard InChI is InChI=1S/C26H26O6S2/c1-28-21-13-18(26-33-11-12-34-26)9-10-20(21)32-25(27)19-14-22(29-2)24(23(15-19)30-3)31-16-17-7-5-4-6-8-17/h4-10,13-15,26H,11-12,16H2,1-3H3. The average Bonchev–Trinajstić information content (AvgIpc) is 3.42. The van der Waals surface area contributed by atoms with E-state index in [1.54, 1.807) is 25.3 Å². The Hall–Kier alpha value is -2.97. The van der Waals surface area contributed by atoms with E-state index in [4.69, 9.17) is 23.7 Å². The van der Waals surface area contributed by atoms with Gasteiger partial charge in [-0.25, -0.2) is 4.79 Å². The second kappa shape index (κ2) is 11.4. The summed E-state index contributed by atoms with van der Waals surface area (Å²) in [7, 11) is 4.59. The molecule has 0 aromatic heterocycles. The largest absolute Gasteiger partial charge is 0.493 e. The summed E-state index contributed by atoms with van der Waals surface area (Å²) in [5, 5.41) is 0. The second-order valence-corrected chi connectivity index (χ2v) is 10.1. The van der Waals surface area contributed by atoms with E-state index in [1.165, 1.54) is 14.2 Å². The molecular weight excluding hydrogens is 472 g/mol. The van der Waals surface area contributed by atoms with Crippen LogP contribution in [-0.4, -0.2) is 38.8 Å². The van der Waals surface area contributed by atoms with Crippen molar-refractivity contribution in [2.45, 2.75) is 11.2 Å². The van der Waals surface area contributed by atoms with Gasteiger partial charge in [-0.2, -0.15) is 0 Å². The Bertz CT molecular complexity index is 1100. The molecule has 0 aliphatic carbocycles. The van der Waals surface area contributed by atoms with Gasteiger partial charge in [0.2, 0.25) is 5.75 Å². The Kier molecular flexibility index (Phi) is 8.13. The molecule has 1 heterocycles. The molecule has 178 valence electrons. The third-order valence-corrected chi connectivity index (χ3v) is 8.31. The fourth-order valence-corrected chi connectivity index (χ4v) is 6.33. The van der Waals surface area contributed by atoms with Gasteiger partial charge >= 0.3 is 5.97 Å². The van der Waals surface area contributed by atoms with Crippen LogP contribution in [0.25, 0.3) is 0 Å². The van der Waals surface area contributed by atoms with Gasteiger partial charge in [0.15, 0.2) is 23.0 Å². The highest BCUT2D eigenvalue weighted by Crippen LogP contribution is 2.47. The first-order valence-electron chi connectivity index (χ1n) is 10.7. The third-order valence-electron chi connectivity index (χ3n) is 5.21.